The Morgan fingerprint density at radius 1 is 0.758 bits per heavy atom. The molecule has 0 aliphatic carbocycles. The van der Waals surface area contributed by atoms with Gasteiger partial charge in [0.05, 0.1) is 46.6 Å². The number of nitrogens with zero attached hydrogens (tertiary/aromatic N) is 2. The van der Waals surface area contributed by atoms with Crippen LogP contribution in [0.2, 0.25) is 5.02 Å². The minimum atomic E-state index is -4.29. The third-order valence-corrected chi connectivity index (χ3v) is 13.2. The van der Waals surface area contributed by atoms with Crippen LogP contribution in [0.25, 0.3) is 0 Å². The van der Waals surface area contributed by atoms with Gasteiger partial charge in [0, 0.05) is 0 Å². The van der Waals surface area contributed by atoms with Crippen LogP contribution in [0, 0.1) is 13.8 Å². The molecule has 0 saturated carbocycles. The summed E-state index contributed by atoms with van der Waals surface area (Å²) in [6.45, 7) is 7.39. The van der Waals surface area contributed by atoms with Crippen molar-refractivity contribution in [1.29, 1.82) is 0 Å². The second-order valence-corrected chi connectivity index (χ2v) is 18.9. The second-order valence-electron chi connectivity index (χ2n) is 16.8. The number of para-hydroxylation sites is 1. The number of ketones is 1. The summed E-state index contributed by atoms with van der Waals surface area (Å²) in [7, 11) is -4.29. The number of aryl methyl sites for hydroxylation is 2. The highest BCUT2D eigenvalue weighted by Gasteiger charge is 2.38. The molecule has 0 spiro atoms. The van der Waals surface area contributed by atoms with Gasteiger partial charge in [-0.2, -0.15) is 0 Å². The number of benzene rings is 3. The first-order valence-corrected chi connectivity index (χ1v) is 25.4. The van der Waals surface area contributed by atoms with Crippen molar-refractivity contribution < 1.29 is 37.0 Å². The van der Waals surface area contributed by atoms with E-state index >= 15 is 0 Å². The van der Waals surface area contributed by atoms with Crippen LogP contribution < -0.4 is 25.2 Å². The lowest BCUT2D eigenvalue weighted by Gasteiger charge is -2.19. The van der Waals surface area contributed by atoms with Gasteiger partial charge in [-0.3, -0.25) is 18.9 Å². The zero-order chi connectivity index (χ0) is 47.5. The maximum absolute atomic E-state index is 14.7. The molecule has 66 heavy (non-hydrogen) atoms. The molecule has 1 unspecified atom stereocenters. The molecule has 0 fully saturated rings. The monoisotopic (exact) mass is 946 g/mol. The molecule has 5 rings (SSSR count). The molecule has 0 aliphatic rings. The Balaban J connectivity index is 1.35. The number of Topliss-reactive ketones (excluding diaryl/α,β-unsaturated/α-hetero) is 1. The maximum Gasteiger partial charge on any atom is 0.335 e. The first kappa shape index (κ1) is 51.5. The summed E-state index contributed by atoms with van der Waals surface area (Å²) in [6, 6.07) is 18.7. The summed E-state index contributed by atoms with van der Waals surface area (Å²) in [5, 5.41) is 14.5. The van der Waals surface area contributed by atoms with Gasteiger partial charge in [-0.15, -0.1) is 0 Å². The molecule has 5 aromatic rings. The van der Waals surface area contributed by atoms with Crippen molar-refractivity contribution in [2.45, 2.75) is 148 Å². The van der Waals surface area contributed by atoms with Gasteiger partial charge in [0.25, 0.3) is 27.7 Å². The lowest BCUT2D eigenvalue weighted by molar-refractivity contribution is -0.118. The molecule has 2 heterocycles. The van der Waals surface area contributed by atoms with Crippen LogP contribution in [0.3, 0.4) is 0 Å². The molecule has 1 amide bonds. The van der Waals surface area contributed by atoms with E-state index in [4.69, 9.17) is 25.5 Å². The van der Waals surface area contributed by atoms with E-state index in [1.54, 1.807) is 63.2 Å². The van der Waals surface area contributed by atoms with Crippen molar-refractivity contribution in [3.63, 3.8) is 0 Å². The Hall–Kier alpha value is -5.47. The Labute approximate surface area is 394 Å². The van der Waals surface area contributed by atoms with Gasteiger partial charge in [0.2, 0.25) is 0 Å². The van der Waals surface area contributed by atoms with E-state index in [2.05, 4.69) is 17.0 Å². The highest BCUT2D eigenvalue weighted by Crippen LogP contribution is 2.35. The van der Waals surface area contributed by atoms with Crippen LogP contribution in [0.5, 0.6) is 17.5 Å². The van der Waals surface area contributed by atoms with Crippen LogP contribution in [-0.4, -0.2) is 47.6 Å². The number of amides is 1. The summed E-state index contributed by atoms with van der Waals surface area (Å²) >= 11 is 6.29. The van der Waals surface area contributed by atoms with Gasteiger partial charge in [-0.25, -0.2) is 17.8 Å². The fourth-order valence-electron chi connectivity index (χ4n) is 8.01. The Kier molecular flexibility index (Phi) is 20.3. The fourth-order valence-corrected chi connectivity index (χ4v) is 9.35. The van der Waals surface area contributed by atoms with Gasteiger partial charge < -0.3 is 24.3 Å². The summed E-state index contributed by atoms with van der Waals surface area (Å²) < 4.78 is 49.5. The summed E-state index contributed by atoms with van der Waals surface area (Å²) in [5.74, 6) is -2.19. The molecule has 0 bridgehead atoms. The summed E-state index contributed by atoms with van der Waals surface area (Å²) in [6.07, 6.45) is 19.5. The van der Waals surface area contributed by atoms with Gasteiger partial charge in [-0.05, 0) is 69.2 Å². The average Bonchev–Trinajstić information content (AvgIpc) is 3.75. The van der Waals surface area contributed by atoms with Crippen molar-refractivity contribution in [2.75, 3.05) is 23.3 Å². The molecular formula is C51H67ClN4O9S. The maximum atomic E-state index is 14.7. The highest BCUT2D eigenvalue weighted by atomic mass is 35.5. The van der Waals surface area contributed by atoms with Crippen molar-refractivity contribution in [2.24, 2.45) is 0 Å². The summed E-state index contributed by atoms with van der Waals surface area (Å²) in [5.41, 5.74) is -0.136. The number of halogens is 1. The molecule has 15 heteroatoms. The third-order valence-electron chi connectivity index (χ3n) is 11.5. The lowest BCUT2D eigenvalue weighted by Crippen LogP contribution is -2.39. The van der Waals surface area contributed by atoms with Crippen LogP contribution in [0.4, 0.5) is 11.4 Å². The molecule has 0 radical (unpaired) electrons. The molecule has 0 saturated heterocycles. The van der Waals surface area contributed by atoms with E-state index in [1.165, 1.54) is 107 Å². The van der Waals surface area contributed by atoms with E-state index in [0.29, 0.717) is 22.3 Å². The number of aromatic nitrogens is 2. The van der Waals surface area contributed by atoms with Crippen molar-refractivity contribution in [1.82, 2.24) is 9.13 Å². The fraction of sp³-hybridized carbons (Fsp3) is 0.471. The topological polar surface area (TPSA) is 171 Å². The van der Waals surface area contributed by atoms with Gasteiger partial charge in [-0.1, -0.05) is 157 Å². The largest absolute Gasteiger partial charge is 0.491 e. The molecule has 358 valence electrons. The zero-order valence-electron chi connectivity index (χ0n) is 38.9. The number of furan rings is 1. The van der Waals surface area contributed by atoms with Crippen molar-refractivity contribution >= 4 is 44.7 Å². The quantitative estimate of drug-likeness (QED) is 0.0230. The van der Waals surface area contributed by atoms with Crippen LogP contribution in [0.1, 0.15) is 150 Å². The SMILES string of the molecule is CCCCCCCCCCCCCCCCCCOc1ccc(S(=O)(=O)Nc2ccccc2Cl)cc1NC(=O)C(C(=O)c1cc(C)oc1C)n1c(O)c(OCC)n(Cc2ccccc2)c1=O. The number of unbranched alkanes of at least 4 members (excludes halogenated alkanes) is 15. The number of nitrogens with one attached hydrogen (secondary N) is 2. The van der Waals surface area contributed by atoms with E-state index < -0.39 is 39.3 Å². The molecule has 3 aromatic carbocycles. The van der Waals surface area contributed by atoms with Gasteiger partial charge >= 0.3 is 5.69 Å². The second kappa shape index (κ2) is 26.0. The Morgan fingerprint density at radius 3 is 1.92 bits per heavy atom. The standard InChI is InChI=1S/C51H67ClN4O9S/c1-5-7-8-9-10-11-12-13-14-15-16-17-18-19-20-26-33-64-45-32-31-40(66(61,62)54-43-30-25-24-29-42(43)52)35-44(45)53-48(58)46(47(57)41-34-37(3)65-38(41)4)56-49(59)50(63-6-2)55(51(56)60)36-39-27-22-21-23-28-39/h21-25,27-32,34-35,46,54,59H,5-20,26,33,36H2,1-4H3,(H,53,58). The normalized spacial score (nSPS) is 12.0. The number of sulfonamides is 1. The third kappa shape index (κ3) is 14.5. The Bertz CT molecular complexity index is 2500. The molecular weight excluding hydrogens is 880 g/mol. The van der Waals surface area contributed by atoms with E-state index in [9.17, 15) is 27.9 Å². The number of carbonyl (C=O) groups is 2. The predicted octanol–water partition coefficient (Wildman–Crippen LogP) is 12.2. The molecule has 3 N–H and O–H groups in total. The van der Waals surface area contributed by atoms with Crippen LogP contribution >= 0.6 is 11.6 Å². The van der Waals surface area contributed by atoms with Gasteiger partial charge in [0.1, 0.15) is 17.3 Å². The van der Waals surface area contributed by atoms with Crippen LogP contribution in [0.15, 0.2) is 93.0 Å². The van der Waals surface area contributed by atoms with E-state index in [1.807, 2.05) is 6.07 Å². The van der Waals surface area contributed by atoms with E-state index in [-0.39, 0.29) is 64.0 Å². The number of hydrogen-bond acceptors (Lipinski definition) is 9. The van der Waals surface area contributed by atoms with E-state index in [0.717, 1.165) is 23.8 Å². The first-order chi connectivity index (χ1) is 31.9. The molecule has 1 atom stereocenters. The highest BCUT2D eigenvalue weighted by molar-refractivity contribution is 7.92. The minimum absolute atomic E-state index is 0.00737. The molecule has 2 aromatic heterocycles. The smallest absolute Gasteiger partial charge is 0.335 e. The average molecular weight is 948 g/mol. The summed E-state index contributed by atoms with van der Waals surface area (Å²) in [4.78, 5) is 43.4. The first-order valence-electron chi connectivity index (χ1n) is 23.5. The number of anilines is 2. The van der Waals surface area contributed by atoms with Crippen molar-refractivity contribution in [3.8, 4) is 17.5 Å². The molecule has 13 nitrogen and oxygen atoms in total. The van der Waals surface area contributed by atoms with Crippen LogP contribution in [-0.2, 0) is 21.4 Å². The predicted molar refractivity (Wildman–Crippen MR) is 261 cm³/mol. The Morgan fingerprint density at radius 2 is 1.35 bits per heavy atom. The zero-order valence-corrected chi connectivity index (χ0v) is 40.5. The number of hydrogen-bond donors (Lipinski definition) is 3. The number of ether oxygens (including phenoxy) is 2. The van der Waals surface area contributed by atoms with Gasteiger partial charge in [0.15, 0.2) is 11.8 Å². The lowest BCUT2D eigenvalue weighted by atomic mass is 10.0. The number of carbonyl (C=O) groups excluding carboxylic acids is 2. The minimum Gasteiger partial charge on any atom is -0.491 e. The number of rotatable bonds is 30. The number of imidazole rings is 1. The molecule has 0 aliphatic heterocycles. The number of aromatic hydroxyl groups is 1. The van der Waals surface area contributed by atoms with Crippen molar-refractivity contribution in [3.05, 3.63) is 117 Å².